The van der Waals surface area contributed by atoms with Crippen LogP contribution in [0.25, 0.3) is 0 Å². The molecule has 0 saturated heterocycles. The van der Waals surface area contributed by atoms with Gasteiger partial charge in [-0.25, -0.2) is 0 Å². The number of halogens is 1. The molecule has 2 N–H and O–H groups in total. The van der Waals surface area contributed by atoms with Crippen LogP contribution in [-0.4, -0.2) is 18.6 Å². The summed E-state index contributed by atoms with van der Waals surface area (Å²) in [4.78, 5) is 2.44. The first-order valence-electron chi connectivity index (χ1n) is 5.92. The topological polar surface area (TPSA) is 29.3 Å². The molecule has 16 heavy (non-hydrogen) atoms. The van der Waals surface area contributed by atoms with Crippen LogP contribution in [0, 0.1) is 0 Å². The lowest BCUT2D eigenvalue weighted by Crippen LogP contribution is -2.36. The van der Waals surface area contributed by atoms with Gasteiger partial charge in [0.25, 0.3) is 0 Å². The van der Waals surface area contributed by atoms with Crippen molar-refractivity contribution in [3.63, 3.8) is 0 Å². The van der Waals surface area contributed by atoms with Gasteiger partial charge in [-0.05, 0) is 50.5 Å². The van der Waals surface area contributed by atoms with E-state index in [1.165, 1.54) is 11.3 Å². The molecule has 2 nitrogen and oxygen atoms in total. The molecule has 0 fully saturated rings. The first-order valence-corrected chi connectivity index (χ1v) is 6.30. The van der Waals surface area contributed by atoms with Gasteiger partial charge in [-0.2, -0.15) is 0 Å². The predicted octanol–water partition coefficient (Wildman–Crippen LogP) is 2.83. The number of benzene rings is 1. The Labute approximate surface area is 102 Å². The summed E-state index contributed by atoms with van der Waals surface area (Å²) in [5, 5.41) is 0.830. The molecule has 0 bridgehead atoms. The number of anilines is 1. The van der Waals surface area contributed by atoms with E-state index in [1.807, 2.05) is 6.07 Å². The van der Waals surface area contributed by atoms with E-state index >= 15 is 0 Å². The first kappa shape index (κ1) is 11.7. The Kier molecular flexibility index (Phi) is 3.41. The van der Waals surface area contributed by atoms with E-state index in [-0.39, 0.29) is 6.04 Å². The molecule has 88 valence electrons. The molecule has 3 heteroatoms. The van der Waals surface area contributed by atoms with Crippen molar-refractivity contribution in [2.75, 3.05) is 11.4 Å². The molecule has 1 heterocycles. The zero-order chi connectivity index (χ0) is 11.7. The maximum Gasteiger partial charge on any atom is 0.0410 e. The van der Waals surface area contributed by atoms with Crippen LogP contribution in [0.4, 0.5) is 5.69 Å². The van der Waals surface area contributed by atoms with Crippen molar-refractivity contribution in [2.45, 2.75) is 38.8 Å². The van der Waals surface area contributed by atoms with E-state index in [4.69, 9.17) is 17.3 Å². The highest BCUT2D eigenvalue weighted by atomic mass is 35.5. The number of rotatable bonds is 3. The van der Waals surface area contributed by atoms with Crippen molar-refractivity contribution in [2.24, 2.45) is 5.73 Å². The summed E-state index contributed by atoms with van der Waals surface area (Å²) in [6.45, 7) is 5.30. The van der Waals surface area contributed by atoms with Gasteiger partial charge in [0.2, 0.25) is 0 Å². The fraction of sp³-hybridized carbons (Fsp3) is 0.538. The van der Waals surface area contributed by atoms with Gasteiger partial charge < -0.3 is 10.6 Å². The Hall–Kier alpha value is -0.730. The number of hydrogen-bond donors (Lipinski definition) is 1. The van der Waals surface area contributed by atoms with Crippen LogP contribution in [-0.2, 0) is 6.42 Å². The Morgan fingerprint density at radius 2 is 2.31 bits per heavy atom. The van der Waals surface area contributed by atoms with Gasteiger partial charge in [0.1, 0.15) is 0 Å². The lowest BCUT2D eigenvalue weighted by Gasteiger charge is -2.27. The van der Waals surface area contributed by atoms with Crippen LogP contribution in [0.15, 0.2) is 18.2 Å². The van der Waals surface area contributed by atoms with Crippen LogP contribution in [0.3, 0.4) is 0 Å². The highest BCUT2D eigenvalue weighted by molar-refractivity contribution is 6.30. The van der Waals surface area contributed by atoms with Gasteiger partial charge in [-0.15, -0.1) is 0 Å². The van der Waals surface area contributed by atoms with Crippen molar-refractivity contribution >= 4 is 17.3 Å². The minimum Gasteiger partial charge on any atom is -0.368 e. The standard InChI is InChI=1S/C13H19ClN2/c1-3-16-12(6-9(2)15)8-10-7-11(14)4-5-13(10)16/h4-5,7,9,12H,3,6,8,15H2,1-2H3. The average molecular weight is 239 g/mol. The molecule has 2 unspecified atom stereocenters. The summed E-state index contributed by atoms with van der Waals surface area (Å²) in [6.07, 6.45) is 2.12. The minimum absolute atomic E-state index is 0.254. The molecule has 1 aliphatic rings. The van der Waals surface area contributed by atoms with E-state index in [0.717, 1.165) is 24.4 Å². The van der Waals surface area contributed by atoms with Gasteiger partial charge in [0.05, 0.1) is 0 Å². The molecule has 0 saturated carbocycles. The molecule has 0 spiro atoms. The third kappa shape index (κ3) is 2.18. The molecule has 0 aromatic heterocycles. The van der Waals surface area contributed by atoms with Gasteiger partial charge >= 0.3 is 0 Å². The van der Waals surface area contributed by atoms with Crippen LogP contribution >= 0.6 is 11.6 Å². The lowest BCUT2D eigenvalue weighted by molar-refractivity contribution is 0.529. The normalized spacial score (nSPS) is 21.0. The number of likely N-dealkylation sites (N-methyl/N-ethyl adjacent to an activating group) is 1. The maximum absolute atomic E-state index is 6.02. The van der Waals surface area contributed by atoms with Crippen LogP contribution in [0.2, 0.25) is 5.02 Å². The maximum atomic E-state index is 6.02. The Bertz CT molecular complexity index is 376. The summed E-state index contributed by atoms with van der Waals surface area (Å²) in [5.74, 6) is 0. The van der Waals surface area contributed by atoms with Crippen molar-refractivity contribution in [3.05, 3.63) is 28.8 Å². The molecule has 0 radical (unpaired) electrons. The van der Waals surface area contributed by atoms with Gasteiger partial charge in [0, 0.05) is 29.3 Å². The molecule has 2 rings (SSSR count). The molecular weight excluding hydrogens is 220 g/mol. The minimum atomic E-state index is 0.254. The van der Waals surface area contributed by atoms with Crippen LogP contribution in [0.5, 0.6) is 0 Å². The largest absolute Gasteiger partial charge is 0.368 e. The fourth-order valence-corrected chi connectivity index (χ4v) is 2.82. The van der Waals surface area contributed by atoms with Crippen molar-refractivity contribution in [1.29, 1.82) is 0 Å². The zero-order valence-electron chi connectivity index (χ0n) is 9.91. The molecule has 1 aromatic carbocycles. The third-order valence-electron chi connectivity index (χ3n) is 3.23. The van der Waals surface area contributed by atoms with E-state index in [0.29, 0.717) is 6.04 Å². The van der Waals surface area contributed by atoms with Gasteiger partial charge in [-0.1, -0.05) is 11.6 Å². The number of nitrogens with two attached hydrogens (primary N) is 1. The highest BCUT2D eigenvalue weighted by Gasteiger charge is 2.28. The number of nitrogens with zero attached hydrogens (tertiary/aromatic N) is 1. The second kappa shape index (κ2) is 4.64. The molecule has 1 aliphatic heterocycles. The summed E-state index contributed by atoms with van der Waals surface area (Å²) in [7, 11) is 0. The molecular formula is C13H19ClN2. The smallest absolute Gasteiger partial charge is 0.0410 e. The highest BCUT2D eigenvalue weighted by Crippen LogP contribution is 2.35. The van der Waals surface area contributed by atoms with E-state index < -0.39 is 0 Å². The fourth-order valence-electron chi connectivity index (χ4n) is 2.63. The summed E-state index contributed by atoms with van der Waals surface area (Å²) in [6, 6.07) is 6.97. The van der Waals surface area contributed by atoms with Crippen molar-refractivity contribution in [1.82, 2.24) is 0 Å². The van der Waals surface area contributed by atoms with Crippen molar-refractivity contribution < 1.29 is 0 Å². The first-order chi connectivity index (χ1) is 7.61. The van der Waals surface area contributed by atoms with Crippen LogP contribution in [0.1, 0.15) is 25.8 Å². The summed E-state index contributed by atoms with van der Waals surface area (Å²) < 4.78 is 0. The van der Waals surface area contributed by atoms with Gasteiger partial charge in [-0.3, -0.25) is 0 Å². The molecule has 0 aliphatic carbocycles. The van der Waals surface area contributed by atoms with E-state index in [2.05, 4.69) is 30.9 Å². The van der Waals surface area contributed by atoms with E-state index in [1.54, 1.807) is 0 Å². The average Bonchev–Trinajstić information content (AvgIpc) is 2.52. The summed E-state index contributed by atoms with van der Waals surface area (Å²) in [5.41, 5.74) is 8.59. The van der Waals surface area contributed by atoms with Gasteiger partial charge in [0.15, 0.2) is 0 Å². The monoisotopic (exact) mass is 238 g/mol. The van der Waals surface area contributed by atoms with Crippen molar-refractivity contribution in [3.8, 4) is 0 Å². The molecule has 1 aromatic rings. The van der Waals surface area contributed by atoms with Crippen LogP contribution < -0.4 is 10.6 Å². The number of fused-ring (bicyclic) bond motifs is 1. The second-order valence-corrected chi connectivity index (χ2v) is 5.07. The van der Waals surface area contributed by atoms with E-state index in [9.17, 15) is 0 Å². The summed E-state index contributed by atoms with van der Waals surface area (Å²) >= 11 is 6.02. The zero-order valence-corrected chi connectivity index (χ0v) is 10.7. The SMILES string of the molecule is CCN1c2ccc(Cl)cc2CC1CC(C)N. The molecule has 0 amide bonds. The third-order valence-corrected chi connectivity index (χ3v) is 3.47. The quantitative estimate of drug-likeness (QED) is 0.878. The Morgan fingerprint density at radius 1 is 1.56 bits per heavy atom. The Morgan fingerprint density at radius 3 is 2.94 bits per heavy atom. The second-order valence-electron chi connectivity index (χ2n) is 4.63. The predicted molar refractivity (Wildman–Crippen MR) is 70.2 cm³/mol. The lowest BCUT2D eigenvalue weighted by atomic mass is 10.0. The Balaban J connectivity index is 2.25. The molecule has 2 atom stereocenters. The number of hydrogen-bond acceptors (Lipinski definition) is 2.